The lowest BCUT2D eigenvalue weighted by molar-refractivity contribution is 0.0682. The van der Waals surface area contributed by atoms with Gasteiger partial charge in [-0.2, -0.15) is 0 Å². The van der Waals surface area contributed by atoms with Gasteiger partial charge in [-0.15, -0.1) is 0 Å². The Labute approximate surface area is 128 Å². The van der Waals surface area contributed by atoms with E-state index in [2.05, 4.69) is 31.9 Å². The summed E-state index contributed by atoms with van der Waals surface area (Å²) in [5, 5.41) is 1.75. The van der Waals surface area contributed by atoms with Crippen LogP contribution >= 0.6 is 31.9 Å². The molecule has 5 heteroatoms. The predicted octanol–water partition coefficient (Wildman–Crippen LogP) is 4.65. The summed E-state index contributed by atoms with van der Waals surface area (Å²) < 4.78 is 18.0. The second kappa shape index (κ2) is 5.85. The molecule has 19 heavy (non-hydrogen) atoms. The fourth-order valence-electron chi connectivity index (χ4n) is 2.35. The lowest BCUT2D eigenvalue weighted by Gasteiger charge is -2.15. The molecule has 1 aliphatic heterocycles. The van der Waals surface area contributed by atoms with E-state index in [0.717, 1.165) is 51.5 Å². The van der Waals surface area contributed by atoms with Crippen LogP contribution in [0.4, 0.5) is 0 Å². The van der Waals surface area contributed by atoms with Gasteiger partial charge in [0, 0.05) is 17.5 Å². The summed E-state index contributed by atoms with van der Waals surface area (Å²) in [4.78, 5) is 0. The highest BCUT2D eigenvalue weighted by molar-refractivity contribution is 9.10. The van der Waals surface area contributed by atoms with Crippen LogP contribution in [0.25, 0.3) is 11.0 Å². The molecule has 1 unspecified atom stereocenters. The minimum absolute atomic E-state index is 0.216. The van der Waals surface area contributed by atoms with Gasteiger partial charge in [-0.25, -0.2) is 0 Å². The van der Waals surface area contributed by atoms with Crippen molar-refractivity contribution in [3.05, 3.63) is 28.4 Å². The van der Waals surface area contributed by atoms with Crippen molar-refractivity contribution in [1.29, 1.82) is 0 Å². The van der Waals surface area contributed by atoms with Gasteiger partial charge < -0.3 is 13.9 Å². The zero-order valence-corrected chi connectivity index (χ0v) is 13.5. The molecule has 0 radical (unpaired) electrons. The second-order valence-electron chi connectivity index (χ2n) is 4.59. The van der Waals surface area contributed by atoms with Crippen LogP contribution in [-0.2, 0) is 10.1 Å². The molecule has 0 N–H and O–H groups in total. The molecule has 0 bridgehead atoms. The number of alkyl halides is 1. The molecule has 0 spiro atoms. The van der Waals surface area contributed by atoms with E-state index in [1.807, 2.05) is 12.1 Å². The molecule has 0 amide bonds. The van der Waals surface area contributed by atoms with E-state index in [0.29, 0.717) is 6.61 Å². The molecule has 3 nitrogen and oxygen atoms in total. The van der Waals surface area contributed by atoms with Crippen LogP contribution in [0.1, 0.15) is 18.4 Å². The molecule has 2 heterocycles. The van der Waals surface area contributed by atoms with Crippen molar-refractivity contribution in [2.75, 3.05) is 13.2 Å². The first-order valence-corrected chi connectivity index (χ1v) is 8.20. The van der Waals surface area contributed by atoms with Crippen LogP contribution in [0, 0.1) is 0 Å². The van der Waals surface area contributed by atoms with Gasteiger partial charge in [0.1, 0.15) is 12.4 Å². The number of furan rings is 1. The molecular formula is C14H14Br2O3. The third-order valence-corrected chi connectivity index (χ3v) is 4.49. The van der Waals surface area contributed by atoms with Gasteiger partial charge in [-0.1, -0.05) is 15.9 Å². The molecule has 1 saturated heterocycles. The predicted molar refractivity (Wildman–Crippen MR) is 81.0 cm³/mol. The fraction of sp³-hybridized carbons (Fsp3) is 0.429. The van der Waals surface area contributed by atoms with Crippen LogP contribution in [0.5, 0.6) is 5.75 Å². The first-order chi connectivity index (χ1) is 9.29. The summed E-state index contributed by atoms with van der Waals surface area (Å²) >= 11 is 7.03. The van der Waals surface area contributed by atoms with Crippen molar-refractivity contribution in [2.45, 2.75) is 24.3 Å². The number of rotatable bonds is 4. The zero-order valence-electron chi connectivity index (χ0n) is 10.3. The minimum Gasteiger partial charge on any atom is -0.490 e. The first-order valence-electron chi connectivity index (χ1n) is 6.28. The highest BCUT2D eigenvalue weighted by Gasteiger charge is 2.19. The van der Waals surface area contributed by atoms with E-state index in [1.165, 1.54) is 0 Å². The number of hydrogen-bond donors (Lipinski definition) is 0. The molecule has 0 aliphatic carbocycles. The summed E-state index contributed by atoms with van der Waals surface area (Å²) in [6.07, 6.45) is 4.11. The number of fused-ring (bicyclic) bond motifs is 1. The molecule has 0 saturated carbocycles. The smallest absolute Gasteiger partial charge is 0.151 e. The molecule has 1 aromatic carbocycles. The van der Waals surface area contributed by atoms with Gasteiger partial charge in [-0.05, 0) is 40.9 Å². The molecule has 1 atom stereocenters. The molecule has 3 rings (SSSR count). The summed E-state index contributed by atoms with van der Waals surface area (Å²) in [6, 6.07) is 3.97. The molecule has 2 aromatic rings. The van der Waals surface area contributed by atoms with E-state index in [1.54, 1.807) is 6.26 Å². The van der Waals surface area contributed by atoms with Crippen molar-refractivity contribution in [3.63, 3.8) is 0 Å². The van der Waals surface area contributed by atoms with E-state index in [-0.39, 0.29) is 6.10 Å². The maximum Gasteiger partial charge on any atom is 0.151 e. The van der Waals surface area contributed by atoms with Crippen molar-refractivity contribution in [2.24, 2.45) is 0 Å². The highest BCUT2D eigenvalue weighted by atomic mass is 79.9. The standard InChI is InChI=1S/C14H14Br2O3/c15-7-9-6-12(16)14-11(3-5-18-14)13(9)19-8-10-2-1-4-17-10/h3,5-6,10H,1-2,4,7-8H2. The number of benzene rings is 1. The van der Waals surface area contributed by atoms with Crippen molar-refractivity contribution in [3.8, 4) is 5.75 Å². The minimum atomic E-state index is 0.216. The van der Waals surface area contributed by atoms with Crippen LogP contribution in [0.3, 0.4) is 0 Å². The normalized spacial score (nSPS) is 19.2. The Morgan fingerprint density at radius 2 is 2.32 bits per heavy atom. The fourth-order valence-corrected chi connectivity index (χ4v) is 3.35. The Hall–Kier alpha value is -0.520. The number of halogens is 2. The second-order valence-corrected chi connectivity index (χ2v) is 6.00. The van der Waals surface area contributed by atoms with Gasteiger partial charge in [0.2, 0.25) is 0 Å². The first kappa shape index (κ1) is 13.5. The summed E-state index contributed by atoms with van der Waals surface area (Å²) in [5.41, 5.74) is 1.94. The van der Waals surface area contributed by atoms with Crippen LogP contribution < -0.4 is 4.74 Å². The van der Waals surface area contributed by atoms with E-state index >= 15 is 0 Å². The van der Waals surface area contributed by atoms with Gasteiger partial charge in [-0.3, -0.25) is 0 Å². The third kappa shape index (κ3) is 2.69. The maximum absolute atomic E-state index is 6.00. The topological polar surface area (TPSA) is 31.6 Å². The van der Waals surface area contributed by atoms with Crippen molar-refractivity contribution >= 4 is 42.8 Å². The van der Waals surface area contributed by atoms with Gasteiger partial charge in [0.25, 0.3) is 0 Å². The van der Waals surface area contributed by atoms with E-state index in [9.17, 15) is 0 Å². The maximum atomic E-state index is 6.00. The molecule has 1 fully saturated rings. The average molecular weight is 390 g/mol. The van der Waals surface area contributed by atoms with Crippen molar-refractivity contribution < 1.29 is 13.9 Å². The van der Waals surface area contributed by atoms with E-state index in [4.69, 9.17) is 13.9 Å². The summed E-state index contributed by atoms with van der Waals surface area (Å²) in [6.45, 7) is 1.45. The Morgan fingerprint density at radius 3 is 3.05 bits per heavy atom. The Bertz CT molecular complexity index is 573. The highest BCUT2D eigenvalue weighted by Crippen LogP contribution is 2.37. The van der Waals surface area contributed by atoms with Crippen LogP contribution in [-0.4, -0.2) is 19.3 Å². The number of ether oxygens (including phenoxy) is 2. The monoisotopic (exact) mass is 388 g/mol. The zero-order chi connectivity index (χ0) is 13.2. The van der Waals surface area contributed by atoms with Gasteiger partial charge in [0.15, 0.2) is 5.58 Å². The average Bonchev–Trinajstić information content (AvgIpc) is 3.08. The Balaban J connectivity index is 1.91. The van der Waals surface area contributed by atoms with E-state index < -0.39 is 0 Å². The third-order valence-electron chi connectivity index (χ3n) is 3.30. The lowest BCUT2D eigenvalue weighted by Crippen LogP contribution is -2.16. The molecule has 1 aliphatic rings. The molecule has 102 valence electrons. The quantitative estimate of drug-likeness (QED) is 0.713. The largest absolute Gasteiger partial charge is 0.490 e. The molecular weight excluding hydrogens is 376 g/mol. The molecule has 1 aromatic heterocycles. The summed E-state index contributed by atoms with van der Waals surface area (Å²) in [7, 11) is 0. The van der Waals surface area contributed by atoms with Crippen molar-refractivity contribution in [1.82, 2.24) is 0 Å². The Morgan fingerprint density at radius 1 is 1.42 bits per heavy atom. The lowest BCUT2D eigenvalue weighted by atomic mass is 10.1. The van der Waals surface area contributed by atoms with Crippen LogP contribution in [0.2, 0.25) is 0 Å². The van der Waals surface area contributed by atoms with Gasteiger partial charge >= 0.3 is 0 Å². The van der Waals surface area contributed by atoms with Crippen LogP contribution in [0.15, 0.2) is 27.3 Å². The Kier molecular flexibility index (Phi) is 4.15. The SMILES string of the molecule is BrCc1cc(Br)c2occc2c1OCC1CCCO1. The van der Waals surface area contributed by atoms with Gasteiger partial charge in [0.05, 0.1) is 22.2 Å². The number of hydrogen-bond acceptors (Lipinski definition) is 3. The summed E-state index contributed by atoms with van der Waals surface area (Å²) in [5.74, 6) is 0.888.